The second kappa shape index (κ2) is 6.49. The minimum absolute atomic E-state index is 0.314. The number of halogens is 2. The lowest BCUT2D eigenvalue weighted by molar-refractivity contribution is 0.280. The molecule has 112 valence electrons. The van der Waals surface area contributed by atoms with Gasteiger partial charge in [-0.05, 0) is 43.5 Å². The molecule has 8 heteroatoms. The molecular weight excluding hydrogens is 321 g/mol. The fourth-order valence-corrected chi connectivity index (χ4v) is 3.70. The number of hydrogen-bond donors (Lipinski definition) is 2. The van der Waals surface area contributed by atoms with E-state index in [0.29, 0.717) is 41.3 Å². The third-order valence-electron chi connectivity index (χ3n) is 3.41. The van der Waals surface area contributed by atoms with Crippen molar-refractivity contribution in [1.29, 1.82) is 0 Å². The zero-order valence-electron chi connectivity index (χ0n) is 10.9. The highest BCUT2D eigenvalue weighted by Gasteiger charge is 2.27. The summed E-state index contributed by atoms with van der Waals surface area (Å²) in [4.78, 5) is 0. The van der Waals surface area contributed by atoms with Gasteiger partial charge in [0.05, 0.1) is 15.7 Å². The predicted molar refractivity (Wildman–Crippen MR) is 82.4 cm³/mol. The number of benzene rings is 1. The number of hydrogen-bond acceptors (Lipinski definition) is 3. The van der Waals surface area contributed by atoms with Crippen LogP contribution in [-0.4, -0.2) is 32.4 Å². The van der Waals surface area contributed by atoms with E-state index in [1.165, 1.54) is 10.4 Å². The third-order valence-corrected chi connectivity index (χ3v) is 5.69. The molecule has 1 saturated heterocycles. The van der Waals surface area contributed by atoms with Crippen LogP contribution in [0.15, 0.2) is 18.2 Å². The van der Waals surface area contributed by atoms with Crippen LogP contribution in [0.2, 0.25) is 10.0 Å². The van der Waals surface area contributed by atoms with Gasteiger partial charge < -0.3 is 5.73 Å². The molecule has 1 aliphatic heterocycles. The number of nitrogens with two attached hydrogens (primary N) is 1. The second-order valence-corrected chi connectivity index (χ2v) is 7.30. The van der Waals surface area contributed by atoms with E-state index in [1.54, 1.807) is 12.1 Å². The maximum Gasteiger partial charge on any atom is 0.301 e. The standard InChI is InChI=1S/C12H17Cl2N3O2S/c13-11-2-1-10(7-12(11)14)16-20(18,19)17-5-3-9(8-15)4-6-17/h1-2,7,9,16H,3-6,8,15H2. The van der Waals surface area contributed by atoms with Crippen LogP contribution in [-0.2, 0) is 10.2 Å². The molecule has 3 N–H and O–H groups in total. The van der Waals surface area contributed by atoms with Crippen LogP contribution in [0.25, 0.3) is 0 Å². The molecule has 0 aliphatic carbocycles. The first-order valence-electron chi connectivity index (χ1n) is 6.35. The third kappa shape index (κ3) is 3.77. The van der Waals surface area contributed by atoms with Crippen LogP contribution < -0.4 is 10.5 Å². The van der Waals surface area contributed by atoms with Gasteiger partial charge in [-0.3, -0.25) is 4.72 Å². The lowest BCUT2D eigenvalue weighted by atomic mass is 9.99. The molecule has 5 nitrogen and oxygen atoms in total. The molecule has 0 atom stereocenters. The fourth-order valence-electron chi connectivity index (χ4n) is 2.16. The van der Waals surface area contributed by atoms with Gasteiger partial charge in [-0.15, -0.1) is 0 Å². The molecular formula is C12H17Cl2N3O2S. The van der Waals surface area contributed by atoms with E-state index in [2.05, 4.69) is 4.72 Å². The van der Waals surface area contributed by atoms with Crippen molar-refractivity contribution in [2.75, 3.05) is 24.4 Å². The Morgan fingerprint density at radius 1 is 1.25 bits per heavy atom. The van der Waals surface area contributed by atoms with Crippen molar-refractivity contribution in [3.63, 3.8) is 0 Å². The fraction of sp³-hybridized carbons (Fsp3) is 0.500. The Bertz CT molecular complexity index is 572. The summed E-state index contributed by atoms with van der Waals surface area (Å²) in [6, 6.07) is 4.63. The zero-order valence-corrected chi connectivity index (χ0v) is 13.2. The number of piperidine rings is 1. The summed E-state index contributed by atoms with van der Waals surface area (Å²) in [5.41, 5.74) is 6.00. The van der Waals surface area contributed by atoms with Crippen LogP contribution in [0.1, 0.15) is 12.8 Å². The molecule has 1 aromatic rings. The molecule has 20 heavy (non-hydrogen) atoms. The van der Waals surface area contributed by atoms with Crippen molar-refractivity contribution in [2.45, 2.75) is 12.8 Å². The van der Waals surface area contributed by atoms with Crippen molar-refractivity contribution in [2.24, 2.45) is 11.7 Å². The minimum Gasteiger partial charge on any atom is -0.330 e. The Hall–Kier alpha value is -0.530. The van der Waals surface area contributed by atoms with Crippen molar-refractivity contribution in [3.05, 3.63) is 28.2 Å². The number of rotatable bonds is 4. The van der Waals surface area contributed by atoms with Crippen molar-refractivity contribution >= 4 is 39.1 Å². The zero-order chi connectivity index (χ0) is 14.8. The Labute approximate surface area is 129 Å². The van der Waals surface area contributed by atoms with Crippen LogP contribution in [0, 0.1) is 5.92 Å². The van der Waals surface area contributed by atoms with Crippen LogP contribution >= 0.6 is 23.2 Å². The minimum atomic E-state index is -3.56. The molecule has 0 saturated carbocycles. The Kier molecular flexibility index (Phi) is 5.14. The number of nitrogens with one attached hydrogen (secondary N) is 1. The molecule has 1 aliphatic rings. The van der Waals surface area contributed by atoms with Gasteiger partial charge in [0.25, 0.3) is 0 Å². The molecule has 2 rings (SSSR count). The molecule has 0 radical (unpaired) electrons. The first-order chi connectivity index (χ1) is 9.42. The largest absolute Gasteiger partial charge is 0.330 e. The number of anilines is 1. The van der Waals surface area contributed by atoms with E-state index >= 15 is 0 Å². The van der Waals surface area contributed by atoms with E-state index in [1.807, 2.05) is 0 Å². The smallest absolute Gasteiger partial charge is 0.301 e. The molecule has 0 amide bonds. The van der Waals surface area contributed by atoms with Gasteiger partial charge in [0.2, 0.25) is 0 Å². The molecule has 0 aromatic heterocycles. The highest BCUT2D eigenvalue weighted by atomic mass is 35.5. The average Bonchev–Trinajstić information content (AvgIpc) is 2.43. The normalized spacial score (nSPS) is 18.1. The molecule has 1 aromatic carbocycles. The summed E-state index contributed by atoms with van der Waals surface area (Å²) >= 11 is 11.7. The molecule has 0 spiro atoms. The maximum absolute atomic E-state index is 12.3. The first kappa shape index (κ1) is 15.9. The van der Waals surface area contributed by atoms with Crippen molar-refractivity contribution in [3.8, 4) is 0 Å². The van der Waals surface area contributed by atoms with Crippen LogP contribution in [0.4, 0.5) is 5.69 Å². The highest BCUT2D eigenvalue weighted by molar-refractivity contribution is 7.90. The van der Waals surface area contributed by atoms with Gasteiger partial charge in [-0.1, -0.05) is 23.2 Å². The van der Waals surface area contributed by atoms with Gasteiger partial charge in [0.15, 0.2) is 0 Å². The van der Waals surface area contributed by atoms with Gasteiger partial charge in [0.1, 0.15) is 0 Å². The summed E-state index contributed by atoms with van der Waals surface area (Å²) in [5.74, 6) is 0.409. The van der Waals surface area contributed by atoms with Crippen LogP contribution in [0.3, 0.4) is 0 Å². The number of nitrogens with zero attached hydrogens (tertiary/aromatic N) is 1. The van der Waals surface area contributed by atoms with Crippen molar-refractivity contribution in [1.82, 2.24) is 4.31 Å². The summed E-state index contributed by atoms with van der Waals surface area (Å²) in [7, 11) is -3.56. The predicted octanol–water partition coefficient (Wildman–Crippen LogP) is 2.32. The average molecular weight is 338 g/mol. The maximum atomic E-state index is 12.3. The summed E-state index contributed by atoms with van der Waals surface area (Å²) in [5, 5.41) is 0.701. The van der Waals surface area contributed by atoms with E-state index in [-0.39, 0.29) is 0 Å². The second-order valence-electron chi connectivity index (χ2n) is 4.81. The van der Waals surface area contributed by atoms with Gasteiger partial charge in [-0.25, -0.2) is 0 Å². The van der Waals surface area contributed by atoms with Crippen LogP contribution in [0.5, 0.6) is 0 Å². The van der Waals surface area contributed by atoms with Gasteiger partial charge in [0, 0.05) is 13.1 Å². The van der Waals surface area contributed by atoms with E-state index in [9.17, 15) is 8.42 Å². The molecule has 0 bridgehead atoms. The summed E-state index contributed by atoms with van der Waals surface area (Å²) in [6.07, 6.45) is 1.58. The monoisotopic (exact) mass is 337 g/mol. The molecule has 0 unspecified atom stereocenters. The molecule has 1 heterocycles. The highest BCUT2D eigenvalue weighted by Crippen LogP contribution is 2.26. The van der Waals surface area contributed by atoms with E-state index in [0.717, 1.165) is 12.8 Å². The summed E-state index contributed by atoms with van der Waals surface area (Å²) in [6.45, 7) is 1.57. The Morgan fingerprint density at radius 2 is 1.90 bits per heavy atom. The Balaban J connectivity index is 2.05. The quantitative estimate of drug-likeness (QED) is 0.885. The SMILES string of the molecule is NCC1CCN(S(=O)(=O)Nc2ccc(Cl)c(Cl)c2)CC1. The van der Waals surface area contributed by atoms with E-state index < -0.39 is 10.2 Å². The lowest BCUT2D eigenvalue weighted by Crippen LogP contribution is -2.42. The van der Waals surface area contributed by atoms with Gasteiger partial charge in [-0.2, -0.15) is 12.7 Å². The lowest BCUT2D eigenvalue weighted by Gasteiger charge is -2.30. The van der Waals surface area contributed by atoms with Gasteiger partial charge >= 0.3 is 10.2 Å². The van der Waals surface area contributed by atoms with E-state index in [4.69, 9.17) is 28.9 Å². The summed E-state index contributed by atoms with van der Waals surface area (Å²) < 4.78 is 28.5. The Morgan fingerprint density at radius 3 is 2.45 bits per heavy atom. The molecule has 1 fully saturated rings. The first-order valence-corrected chi connectivity index (χ1v) is 8.55. The topological polar surface area (TPSA) is 75.4 Å². The van der Waals surface area contributed by atoms with Crippen molar-refractivity contribution < 1.29 is 8.42 Å².